The average Bonchev–Trinajstić information content (AvgIpc) is 3.46. The summed E-state index contributed by atoms with van der Waals surface area (Å²) in [7, 11) is -4.18. The normalized spacial score (nSPS) is 20.0. The highest BCUT2D eigenvalue weighted by Crippen LogP contribution is 2.56. The minimum Gasteiger partial charge on any atom is -0.465 e. The number of benzene rings is 1. The van der Waals surface area contributed by atoms with Gasteiger partial charge in [0.05, 0.1) is 18.1 Å². The summed E-state index contributed by atoms with van der Waals surface area (Å²) in [6.07, 6.45) is 4.70. The van der Waals surface area contributed by atoms with Crippen molar-refractivity contribution in [3.63, 3.8) is 0 Å². The molecule has 2 heterocycles. The lowest BCUT2D eigenvalue weighted by molar-refractivity contribution is -0.150. The van der Waals surface area contributed by atoms with Crippen LogP contribution in [-0.2, 0) is 28.2 Å². The van der Waals surface area contributed by atoms with Gasteiger partial charge in [-0.1, -0.05) is 31.5 Å². The lowest BCUT2D eigenvalue weighted by Crippen LogP contribution is -2.37. The van der Waals surface area contributed by atoms with Crippen LogP contribution in [0.25, 0.3) is 17.4 Å². The van der Waals surface area contributed by atoms with E-state index in [4.69, 9.17) is 24.3 Å². The molecular formula is C27H35N6O8P. The third kappa shape index (κ3) is 7.64. The van der Waals surface area contributed by atoms with E-state index >= 15 is 0 Å². The van der Waals surface area contributed by atoms with Gasteiger partial charge in [-0.2, -0.15) is 10.1 Å². The second-order valence-electron chi connectivity index (χ2n) is 10.2. The van der Waals surface area contributed by atoms with E-state index in [0.717, 1.165) is 12.0 Å². The fraction of sp³-hybridized carbons (Fsp3) is 0.444. The maximum absolute atomic E-state index is 14.0. The van der Waals surface area contributed by atoms with Crippen molar-refractivity contribution in [3.05, 3.63) is 52.6 Å². The molecule has 0 radical (unpaired) electrons. The Kier molecular flexibility index (Phi) is 9.50. The number of rotatable bonds is 14. The lowest BCUT2D eigenvalue weighted by atomic mass is 10.1. The number of ether oxygens (including phenoxy) is 2. The standard InChI is InChI=1S/C27H35N6O8P/c1-5-9-17(2)40-25(36)18(3)32-42(37,41-21-10-7-6-8-11-21)39-15-27(14-38-19(4)34)12-20(27)13-33-16-29-22-23(33)30-26(28)31-24(22)35/h6-8,10-11,13,16-18H,5,9,12,14-15H2,1-4H3,(H,32,37)(H3,28,30,31,35)/b20-13-/t17-,18?,27-,42?/m0/s1. The first-order chi connectivity index (χ1) is 19.9. The third-order valence-corrected chi connectivity index (χ3v) is 8.20. The Morgan fingerprint density at radius 1 is 1.26 bits per heavy atom. The third-order valence-electron chi connectivity index (χ3n) is 6.58. The number of imidazole rings is 1. The van der Waals surface area contributed by atoms with E-state index in [1.807, 2.05) is 6.92 Å². The molecule has 1 saturated carbocycles. The summed E-state index contributed by atoms with van der Waals surface area (Å²) >= 11 is 0. The van der Waals surface area contributed by atoms with Crippen LogP contribution in [0, 0.1) is 5.41 Å². The molecule has 4 N–H and O–H groups in total. The van der Waals surface area contributed by atoms with Crippen molar-refractivity contribution >= 4 is 43.0 Å². The van der Waals surface area contributed by atoms with Gasteiger partial charge in [-0.3, -0.25) is 28.5 Å². The molecule has 42 heavy (non-hydrogen) atoms. The highest BCUT2D eigenvalue weighted by molar-refractivity contribution is 7.52. The van der Waals surface area contributed by atoms with E-state index in [1.54, 1.807) is 43.5 Å². The van der Waals surface area contributed by atoms with Crippen molar-refractivity contribution in [2.45, 2.75) is 59.1 Å². The maximum Gasteiger partial charge on any atom is 0.459 e. The Hall–Kier alpha value is -4.00. The van der Waals surface area contributed by atoms with Crippen molar-refractivity contribution in [1.29, 1.82) is 0 Å². The zero-order chi connectivity index (χ0) is 30.5. The first-order valence-corrected chi connectivity index (χ1v) is 15.0. The SMILES string of the molecule is CCC[C@H](C)OC(=O)C(C)NP(=O)(OC[C@@]1(COC(C)=O)C/C1=C/n1cnc2c(=O)[nH]c(N)nc21)Oc1ccccc1. The number of anilines is 1. The Labute approximate surface area is 242 Å². The summed E-state index contributed by atoms with van der Waals surface area (Å²) in [5, 5.41) is 2.68. The van der Waals surface area contributed by atoms with Gasteiger partial charge in [0.25, 0.3) is 5.56 Å². The zero-order valence-electron chi connectivity index (χ0n) is 23.9. The Balaban J connectivity index is 1.58. The quantitative estimate of drug-likeness (QED) is 0.180. The number of nitrogens with zero attached hydrogens (tertiary/aromatic N) is 3. The molecule has 1 aliphatic rings. The van der Waals surface area contributed by atoms with Gasteiger partial charge in [0.2, 0.25) is 5.95 Å². The molecule has 1 fully saturated rings. The van der Waals surface area contributed by atoms with Gasteiger partial charge in [0.15, 0.2) is 11.2 Å². The van der Waals surface area contributed by atoms with Gasteiger partial charge in [0.1, 0.15) is 24.7 Å². The number of fused-ring (bicyclic) bond motifs is 1. The van der Waals surface area contributed by atoms with Gasteiger partial charge in [-0.25, -0.2) is 9.55 Å². The number of nitrogen functional groups attached to an aromatic ring is 1. The number of aromatic amines is 1. The van der Waals surface area contributed by atoms with Crippen molar-refractivity contribution < 1.29 is 32.7 Å². The molecule has 15 heteroatoms. The molecule has 2 aromatic heterocycles. The predicted molar refractivity (Wildman–Crippen MR) is 154 cm³/mol. The Bertz CT molecular complexity index is 1570. The fourth-order valence-corrected chi connectivity index (χ4v) is 5.83. The van der Waals surface area contributed by atoms with Crippen LogP contribution in [-0.4, -0.2) is 56.8 Å². The smallest absolute Gasteiger partial charge is 0.459 e. The van der Waals surface area contributed by atoms with E-state index in [9.17, 15) is 18.9 Å². The summed E-state index contributed by atoms with van der Waals surface area (Å²) < 4.78 is 38.0. The number of nitrogens with one attached hydrogen (secondary N) is 2. The minimum atomic E-state index is -4.18. The molecule has 3 aromatic rings. The molecule has 0 saturated heterocycles. The topological polar surface area (TPSA) is 190 Å². The predicted octanol–water partition coefficient (Wildman–Crippen LogP) is 3.41. The molecule has 0 spiro atoms. The number of nitrogens with two attached hydrogens (primary N) is 1. The first kappa shape index (κ1) is 30.9. The summed E-state index contributed by atoms with van der Waals surface area (Å²) in [5.74, 6) is -0.923. The Morgan fingerprint density at radius 3 is 2.69 bits per heavy atom. The highest BCUT2D eigenvalue weighted by atomic mass is 31.2. The largest absolute Gasteiger partial charge is 0.465 e. The number of hydrogen-bond acceptors (Lipinski definition) is 11. The second-order valence-corrected chi connectivity index (χ2v) is 11.9. The van der Waals surface area contributed by atoms with Gasteiger partial charge < -0.3 is 19.7 Å². The number of para-hydroxylation sites is 1. The molecule has 0 amide bonds. The second kappa shape index (κ2) is 12.9. The number of carbonyl (C=O) groups is 2. The van der Waals surface area contributed by atoms with E-state index in [0.29, 0.717) is 12.8 Å². The van der Waals surface area contributed by atoms with Gasteiger partial charge in [-0.15, -0.1) is 0 Å². The number of hydrogen-bond donors (Lipinski definition) is 3. The average molecular weight is 603 g/mol. The van der Waals surface area contributed by atoms with Crippen molar-refractivity contribution in [2.75, 3.05) is 18.9 Å². The molecule has 0 aliphatic heterocycles. The van der Waals surface area contributed by atoms with Crippen LogP contribution >= 0.6 is 7.75 Å². The van der Waals surface area contributed by atoms with Crippen LogP contribution in [0.2, 0.25) is 0 Å². The monoisotopic (exact) mass is 602 g/mol. The van der Waals surface area contributed by atoms with Crippen molar-refractivity contribution in [1.82, 2.24) is 24.6 Å². The number of carbonyl (C=O) groups excluding carboxylic acids is 2. The first-order valence-electron chi connectivity index (χ1n) is 13.5. The molecule has 4 atom stereocenters. The molecule has 4 rings (SSSR count). The Morgan fingerprint density at radius 2 is 2.00 bits per heavy atom. The van der Waals surface area contributed by atoms with E-state index in [2.05, 4.69) is 20.0 Å². The maximum atomic E-state index is 14.0. The summed E-state index contributed by atoms with van der Waals surface area (Å²) in [6.45, 7) is 6.28. The van der Waals surface area contributed by atoms with Crippen LogP contribution in [0.4, 0.5) is 5.95 Å². The summed E-state index contributed by atoms with van der Waals surface area (Å²) in [5.41, 5.74) is 5.43. The molecule has 14 nitrogen and oxygen atoms in total. The molecule has 2 unspecified atom stereocenters. The number of esters is 2. The fourth-order valence-electron chi connectivity index (χ4n) is 4.25. The van der Waals surface area contributed by atoms with Gasteiger partial charge in [-0.05, 0) is 44.4 Å². The molecule has 1 aliphatic carbocycles. The van der Waals surface area contributed by atoms with Crippen molar-refractivity contribution in [2.24, 2.45) is 5.41 Å². The van der Waals surface area contributed by atoms with Crippen LogP contribution in [0.3, 0.4) is 0 Å². The molecule has 226 valence electrons. The van der Waals surface area contributed by atoms with Crippen LogP contribution < -0.4 is 20.9 Å². The summed E-state index contributed by atoms with van der Waals surface area (Å²) in [6, 6.07) is 7.36. The van der Waals surface area contributed by atoms with Crippen LogP contribution in [0.15, 0.2) is 47.0 Å². The summed E-state index contributed by atoms with van der Waals surface area (Å²) in [4.78, 5) is 47.2. The van der Waals surface area contributed by atoms with E-state index in [1.165, 1.54) is 24.7 Å². The van der Waals surface area contributed by atoms with E-state index < -0.39 is 36.7 Å². The zero-order valence-corrected chi connectivity index (χ0v) is 24.8. The van der Waals surface area contributed by atoms with Crippen LogP contribution in [0.5, 0.6) is 5.75 Å². The van der Waals surface area contributed by atoms with E-state index in [-0.39, 0.29) is 42.2 Å². The minimum absolute atomic E-state index is 0.0697. The van der Waals surface area contributed by atoms with Gasteiger partial charge in [0, 0.05) is 13.1 Å². The molecular weight excluding hydrogens is 567 g/mol. The van der Waals surface area contributed by atoms with Gasteiger partial charge >= 0.3 is 19.7 Å². The van der Waals surface area contributed by atoms with Crippen molar-refractivity contribution in [3.8, 4) is 5.75 Å². The molecule has 0 bridgehead atoms. The molecule has 1 aromatic carbocycles. The number of aromatic nitrogens is 4. The lowest BCUT2D eigenvalue weighted by Gasteiger charge is -2.25. The highest BCUT2D eigenvalue weighted by Gasteiger charge is 2.52. The number of H-pyrrole nitrogens is 1. The van der Waals surface area contributed by atoms with Crippen LogP contribution in [0.1, 0.15) is 47.0 Å².